The summed E-state index contributed by atoms with van der Waals surface area (Å²) >= 11 is 0. The van der Waals surface area contributed by atoms with E-state index in [-0.39, 0.29) is 30.0 Å². The Morgan fingerprint density at radius 3 is 1.85 bits per heavy atom. The lowest BCUT2D eigenvalue weighted by Crippen LogP contribution is -2.23. The van der Waals surface area contributed by atoms with Gasteiger partial charge in [-0.1, -0.05) is 48.5 Å². The highest BCUT2D eigenvalue weighted by Gasteiger charge is 2.21. The van der Waals surface area contributed by atoms with Gasteiger partial charge >= 0.3 is 0 Å². The molecule has 4 aromatic rings. The Bertz CT molecular complexity index is 1320. The van der Waals surface area contributed by atoms with E-state index in [9.17, 15) is 20.3 Å². The molecule has 33 heavy (non-hydrogen) atoms. The number of anilines is 3. The van der Waals surface area contributed by atoms with Crippen molar-refractivity contribution >= 4 is 17.1 Å². The van der Waals surface area contributed by atoms with Gasteiger partial charge in [-0.25, -0.2) is 0 Å². The summed E-state index contributed by atoms with van der Waals surface area (Å²) in [5, 5.41) is 30.3. The van der Waals surface area contributed by atoms with Crippen molar-refractivity contribution < 1.29 is 10.2 Å². The molecule has 0 radical (unpaired) electrons. The Balaban J connectivity index is 1.72. The first-order valence-corrected chi connectivity index (χ1v) is 10.6. The van der Waals surface area contributed by atoms with Crippen LogP contribution in [0.5, 0.6) is 11.6 Å². The summed E-state index contributed by atoms with van der Waals surface area (Å²) in [7, 11) is 0. The van der Waals surface area contributed by atoms with Gasteiger partial charge in [0.15, 0.2) is 5.56 Å². The minimum absolute atomic E-state index is 0.156. The first-order chi connectivity index (χ1) is 16.0. The number of pyridine rings is 1. The van der Waals surface area contributed by atoms with Gasteiger partial charge in [-0.2, -0.15) is 5.26 Å². The number of hydrogen-bond acceptors (Lipinski definition) is 5. The average molecular weight is 437 g/mol. The molecule has 0 fully saturated rings. The molecule has 4 rings (SSSR count). The van der Waals surface area contributed by atoms with Crippen LogP contribution in [0.2, 0.25) is 0 Å². The minimum Gasteiger partial charge on any atom is -0.506 e. The molecule has 0 saturated heterocycles. The van der Waals surface area contributed by atoms with Crippen LogP contribution in [0.1, 0.15) is 23.6 Å². The molecule has 0 saturated carbocycles. The van der Waals surface area contributed by atoms with Crippen molar-refractivity contribution in [2.75, 3.05) is 4.90 Å². The van der Waals surface area contributed by atoms with Gasteiger partial charge in [-0.3, -0.25) is 9.36 Å². The van der Waals surface area contributed by atoms with Crippen molar-refractivity contribution in [3.05, 3.63) is 112 Å². The second-order valence-corrected chi connectivity index (χ2v) is 7.54. The van der Waals surface area contributed by atoms with Gasteiger partial charge in [0, 0.05) is 30.0 Å². The maximum Gasteiger partial charge on any atom is 0.275 e. The molecule has 0 spiro atoms. The van der Waals surface area contributed by atoms with Gasteiger partial charge in [-0.15, -0.1) is 0 Å². The van der Waals surface area contributed by atoms with Crippen molar-refractivity contribution in [2.45, 2.75) is 19.9 Å². The van der Waals surface area contributed by atoms with Crippen molar-refractivity contribution in [3.63, 3.8) is 0 Å². The van der Waals surface area contributed by atoms with E-state index in [1.54, 1.807) is 13.0 Å². The lowest BCUT2D eigenvalue weighted by atomic mass is 10.0. The maximum atomic E-state index is 12.3. The molecule has 1 heterocycles. The van der Waals surface area contributed by atoms with Crippen molar-refractivity contribution in [3.8, 4) is 17.7 Å². The topological polar surface area (TPSA) is 89.5 Å². The van der Waals surface area contributed by atoms with Crippen LogP contribution in [-0.2, 0) is 13.0 Å². The van der Waals surface area contributed by atoms with Gasteiger partial charge in [-0.05, 0) is 48.9 Å². The standard InChI is InChI=1S/C27H23N3O3/c1-2-29-26(32)23(25(31)24(18-28)27(29)33)17-19-13-15-22(16-14-19)30(20-9-5-3-6-10-20)21-11-7-4-8-12-21/h3-16,31-32H,2,17H2,1H3. The third kappa shape index (κ3) is 4.17. The number of aromatic nitrogens is 1. The Morgan fingerprint density at radius 2 is 1.36 bits per heavy atom. The molecule has 164 valence electrons. The number of nitriles is 1. The van der Waals surface area contributed by atoms with Gasteiger partial charge in [0.1, 0.15) is 11.8 Å². The van der Waals surface area contributed by atoms with Crippen molar-refractivity contribution in [1.82, 2.24) is 4.57 Å². The van der Waals surface area contributed by atoms with E-state index in [0.29, 0.717) is 0 Å². The van der Waals surface area contributed by atoms with E-state index in [2.05, 4.69) is 4.90 Å². The summed E-state index contributed by atoms with van der Waals surface area (Å²) in [4.78, 5) is 14.4. The third-order valence-corrected chi connectivity index (χ3v) is 5.54. The number of benzene rings is 3. The van der Waals surface area contributed by atoms with Gasteiger partial charge in [0.25, 0.3) is 5.56 Å². The fraction of sp³-hybridized carbons (Fsp3) is 0.111. The number of para-hydroxylation sites is 2. The number of nitrogens with zero attached hydrogens (tertiary/aromatic N) is 3. The molecule has 6 nitrogen and oxygen atoms in total. The summed E-state index contributed by atoms with van der Waals surface area (Å²) in [6, 6.07) is 29.5. The molecule has 0 aliphatic heterocycles. The summed E-state index contributed by atoms with van der Waals surface area (Å²) in [6.07, 6.45) is 0.170. The molecule has 3 aromatic carbocycles. The van der Waals surface area contributed by atoms with Crippen LogP contribution < -0.4 is 10.5 Å². The maximum absolute atomic E-state index is 12.3. The van der Waals surface area contributed by atoms with Crippen molar-refractivity contribution in [1.29, 1.82) is 5.26 Å². The lowest BCUT2D eigenvalue weighted by Gasteiger charge is -2.25. The highest BCUT2D eigenvalue weighted by molar-refractivity contribution is 5.76. The highest BCUT2D eigenvalue weighted by atomic mass is 16.3. The zero-order chi connectivity index (χ0) is 23.4. The molecule has 0 atom stereocenters. The van der Waals surface area contributed by atoms with Gasteiger partial charge in [0.2, 0.25) is 5.88 Å². The Kier molecular flexibility index (Phi) is 6.14. The van der Waals surface area contributed by atoms with Crippen molar-refractivity contribution in [2.24, 2.45) is 0 Å². The first kappa shape index (κ1) is 21.7. The number of aromatic hydroxyl groups is 2. The predicted octanol–water partition coefficient (Wildman–Crippen LogP) is 5.21. The van der Waals surface area contributed by atoms with Crippen LogP contribution in [0.15, 0.2) is 89.7 Å². The number of rotatable bonds is 6. The molecule has 2 N–H and O–H groups in total. The van der Waals surface area contributed by atoms with E-state index in [1.807, 2.05) is 84.9 Å². The summed E-state index contributed by atoms with van der Waals surface area (Å²) < 4.78 is 1.09. The Labute approximate surface area is 191 Å². The predicted molar refractivity (Wildman–Crippen MR) is 128 cm³/mol. The normalized spacial score (nSPS) is 10.5. The molecule has 0 aliphatic rings. The van der Waals surface area contributed by atoms with Crippen LogP contribution in [0.4, 0.5) is 17.1 Å². The third-order valence-electron chi connectivity index (χ3n) is 5.54. The van der Waals surface area contributed by atoms with E-state index >= 15 is 0 Å². The minimum atomic E-state index is -0.699. The largest absolute Gasteiger partial charge is 0.506 e. The van der Waals surface area contributed by atoms with Gasteiger partial charge < -0.3 is 15.1 Å². The van der Waals surface area contributed by atoms with E-state index in [1.165, 1.54) is 0 Å². The molecule has 0 unspecified atom stereocenters. The fourth-order valence-corrected chi connectivity index (χ4v) is 3.88. The number of hydrogen-bond donors (Lipinski definition) is 2. The molecule has 0 amide bonds. The van der Waals surface area contributed by atoms with Crippen LogP contribution in [0.3, 0.4) is 0 Å². The summed E-state index contributed by atoms with van der Waals surface area (Å²) in [5.41, 5.74) is 2.89. The zero-order valence-electron chi connectivity index (χ0n) is 18.1. The second-order valence-electron chi connectivity index (χ2n) is 7.54. The first-order valence-electron chi connectivity index (χ1n) is 10.6. The summed E-state index contributed by atoms with van der Waals surface area (Å²) in [5.74, 6) is -0.790. The molecule has 1 aromatic heterocycles. The van der Waals surface area contributed by atoms with Crippen LogP contribution >= 0.6 is 0 Å². The monoisotopic (exact) mass is 437 g/mol. The molecular weight excluding hydrogens is 414 g/mol. The van der Waals surface area contributed by atoms with E-state index in [4.69, 9.17) is 0 Å². The molecule has 0 aliphatic carbocycles. The fourth-order valence-electron chi connectivity index (χ4n) is 3.88. The molecule has 0 bridgehead atoms. The zero-order valence-corrected chi connectivity index (χ0v) is 18.1. The molecule has 6 heteroatoms. The van der Waals surface area contributed by atoms with E-state index in [0.717, 1.165) is 27.2 Å². The SMILES string of the molecule is CCn1c(O)c(Cc2ccc(N(c3ccccc3)c3ccccc3)cc2)c(O)c(C#N)c1=O. The Hall–Kier alpha value is -4.50. The van der Waals surface area contributed by atoms with Gasteiger partial charge in [0.05, 0.1) is 5.56 Å². The smallest absolute Gasteiger partial charge is 0.275 e. The van der Waals surface area contributed by atoms with E-state index < -0.39 is 11.3 Å². The Morgan fingerprint density at radius 1 is 0.848 bits per heavy atom. The highest BCUT2D eigenvalue weighted by Crippen LogP contribution is 2.35. The van der Waals surface area contributed by atoms with Crippen LogP contribution in [0.25, 0.3) is 0 Å². The average Bonchev–Trinajstić information content (AvgIpc) is 2.85. The van der Waals surface area contributed by atoms with Crippen LogP contribution in [0, 0.1) is 11.3 Å². The quantitative estimate of drug-likeness (QED) is 0.432. The lowest BCUT2D eigenvalue weighted by molar-refractivity contribution is 0.389. The van der Waals surface area contributed by atoms with Crippen LogP contribution in [-0.4, -0.2) is 14.8 Å². The second kappa shape index (κ2) is 9.33. The summed E-state index contributed by atoms with van der Waals surface area (Å²) in [6.45, 7) is 1.88. The molecular formula is C27H23N3O3.